The predicted octanol–water partition coefficient (Wildman–Crippen LogP) is -0.306. The number of aliphatic hydroxyl groups excluding tert-OH is 1. The van der Waals surface area contributed by atoms with Gasteiger partial charge in [0, 0.05) is 0 Å². The van der Waals surface area contributed by atoms with Gasteiger partial charge >= 0.3 is 5.97 Å². The molecule has 0 aliphatic carbocycles. The number of hydrogen-bond acceptors (Lipinski definition) is 5. The van der Waals surface area contributed by atoms with Crippen LogP contribution in [-0.4, -0.2) is 44.4 Å². The molecule has 0 fully saturated rings. The minimum Gasteiger partial charge on any atom is -0.480 e. The number of aromatic nitrogens is 2. The number of amides is 1. The Morgan fingerprint density at radius 1 is 1.41 bits per heavy atom. The lowest BCUT2D eigenvalue weighted by molar-refractivity contribution is -0.141. The standard InChI is InChI=1S/C9H10ClN3O4/c1-4(14)7(9(16)17)11-8(15)5-2-3-6(10)13-12-5/h2-4,7,14H,1H3,(H,11,15)(H,16,17)/t4-,7+/m1/s1. The summed E-state index contributed by atoms with van der Waals surface area (Å²) in [4.78, 5) is 22.3. The first kappa shape index (κ1) is 13.3. The Morgan fingerprint density at radius 3 is 2.47 bits per heavy atom. The Morgan fingerprint density at radius 2 is 2.06 bits per heavy atom. The van der Waals surface area contributed by atoms with Crippen molar-refractivity contribution in [2.45, 2.75) is 19.1 Å². The second kappa shape index (κ2) is 5.55. The van der Waals surface area contributed by atoms with Crippen LogP contribution in [0.25, 0.3) is 0 Å². The van der Waals surface area contributed by atoms with Gasteiger partial charge < -0.3 is 15.5 Å². The third-order valence-electron chi connectivity index (χ3n) is 1.90. The number of hydrogen-bond donors (Lipinski definition) is 3. The molecule has 0 spiro atoms. The van der Waals surface area contributed by atoms with Crippen molar-refractivity contribution in [3.8, 4) is 0 Å². The first-order valence-corrected chi connectivity index (χ1v) is 5.00. The number of rotatable bonds is 4. The van der Waals surface area contributed by atoms with E-state index in [2.05, 4.69) is 15.5 Å². The Balaban J connectivity index is 2.77. The Kier molecular flexibility index (Phi) is 4.36. The van der Waals surface area contributed by atoms with Crippen LogP contribution in [0, 0.1) is 0 Å². The fraction of sp³-hybridized carbons (Fsp3) is 0.333. The third-order valence-corrected chi connectivity index (χ3v) is 2.10. The molecule has 8 heteroatoms. The van der Waals surface area contributed by atoms with E-state index in [0.717, 1.165) is 0 Å². The highest BCUT2D eigenvalue weighted by Crippen LogP contribution is 2.03. The van der Waals surface area contributed by atoms with Crippen LogP contribution >= 0.6 is 11.6 Å². The van der Waals surface area contributed by atoms with Gasteiger partial charge in [-0.3, -0.25) is 4.79 Å². The molecule has 1 heterocycles. The van der Waals surface area contributed by atoms with Crippen LogP contribution in [0.2, 0.25) is 5.15 Å². The van der Waals surface area contributed by atoms with E-state index in [9.17, 15) is 9.59 Å². The second-order valence-corrected chi connectivity index (χ2v) is 3.66. The fourth-order valence-electron chi connectivity index (χ4n) is 1.04. The Hall–Kier alpha value is -1.73. The summed E-state index contributed by atoms with van der Waals surface area (Å²) in [5.41, 5.74) is -0.0821. The van der Waals surface area contributed by atoms with Crippen LogP contribution in [0.1, 0.15) is 17.4 Å². The van der Waals surface area contributed by atoms with Crippen molar-refractivity contribution in [2.24, 2.45) is 0 Å². The maximum Gasteiger partial charge on any atom is 0.328 e. The quantitative estimate of drug-likeness (QED) is 0.684. The summed E-state index contributed by atoms with van der Waals surface area (Å²) >= 11 is 5.48. The third kappa shape index (κ3) is 3.65. The summed E-state index contributed by atoms with van der Waals surface area (Å²) in [5.74, 6) is -2.09. The normalized spacial score (nSPS) is 13.8. The highest BCUT2D eigenvalue weighted by atomic mass is 35.5. The zero-order chi connectivity index (χ0) is 13.0. The molecular formula is C9H10ClN3O4. The lowest BCUT2D eigenvalue weighted by Gasteiger charge is -2.16. The summed E-state index contributed by atoms with van der Waals surface area (Å²) < 4.78 is 0. The molecule has 1 aromatic heterocycles. The van der Waals surface area contributed by atoms with Gasteiger partial charge in [0.15, 0.2) is 16.9 Å². The number of carboxylic acids is 1. The average Bonchev–Trinajstić information content (AvgIpc) is 2.25. The van der Waals surface area contributed by atoms with E-state index in [1.807, 2.05) is 0 Å². The smallest absolute Gasteiger partial charge is 0.328 e. The number of nitrogens with one attached hydrogen (secondary N) is 1. The fourth-order valence-corrected chi connectivity index (χ4v) is 1.14. The van der Waals surface area contributed by atoms with E-state index in [1.54, 1.807) is 0 Å². The molecule has 92 valence electrons. The minimum atomic E-state index is -1.40. The summed E-state index contributed by atoms with van der Waals surface area (Å²) in [7, 11) is 0. The highest BCUT2D eigenvalue weighted by Gasteiger charge is 2.25. The lowest BCUT2D eigenvalue weighted by Crippen LogP contribution is -2.47. The van der Waals surface area contributed by atoms with Gasteiger partial charge in [0.25, 0.3) is 5.91 Å². The van der Waals surface area contributed by atoms with Crippen molar-refractivity contribution in [2.75, 3.05) is 0 Å². The highest BCUT2D eigenvalue weighted by molar-refractivity contribution is 6.29. The van der Waals surface area contributed by atoms with Crippen LogP contribution in [0.3, 0.4) is 0 Å². The van der Waals surface area contributed by atoms with E-state index in [-0.39, 0.29) is 10.8 Å². The summed E-state index contributed by atoms with van der Waals surface area (Å²) in [6, 6.07) is 1.24. The van der Waals surface area contributed by atoms with E-state index in [1.165, 1.54) is 19.1 Å². The molecule has 0 unspecified atom stereocenters. The first-order chi connectivity index (χ1) is 7.91. The molecule has 1 aromatic rings. The Labute approximate surface area is 101 Å². The number of carbonyl (C=O) groups excluding carboxylic acids is 1. The number of nitrogens with zero attached hydrogens (tertiary/aromatic N) is 2. The van der Waals surface area contributed by atoms with E-state index in [0.29, 0.717) is 0 Å². The number of halogens is 1. The van der Waals surface area contributed by atoms with Gasteiger partial charge in [-0.1, -0.05) is 11.6 Å². The van der Waals surface area contributed by atoms with Gasteiger partial charge in [-0.25, -0.2) is 4.79 Å². The molecule has 0 aliphatic heterocycles. The molecule has 2 atom stereocenters. The Bertz CT molecular complexity index is 421. The first-order valence-electron chi connectivity index (χ1n) is 4.62. The molecule has 0 aromatic carbocycles. The van der Waals surface area contributed by atoms with Gasteiger partial charge in [-0.05, 0) is 19.1 Å². The maximum atomic E-state index is 11.5. The number of carboxylic acid groups (broad SMARTS) is 1. The van der Waals surface area contributed by atoms with Gasteiger partial charge in [-0.15, -0.1) is 10.2 Å². The SMILES string of the molecule is C[C@@H](O)[C@H](NC(=O)c1ccc(Cl)nn1)C(=O)O. The molecule has 7 nitrogen and oxygen atoms in total. The van der Waals surface area contributed by atoms with Crippen molar-refractivity contribution in [1.29, 1.82) is 0 Å². The summed E-state index contributed by atoms with van der Waals surface area (Å²) in [5, 5.41) is 27.1. The monoisotopic (exact) mass is 259 g/mol. The molecule has 0 saturated heterocycles. The molecular weight excluding hydrogens is 250 g/mol. The van der Waals surface area contributed by atoms with Crippen molar-refractivity contribution in [3.63, 3.8) is 0 Å². The van der Waals surface area contributed by atoms with Gasteiger partial charge in [0.1, 0.15) is 0 Å². The maximum absolute atomic E-state index is 11.5. The largest absolute Gasteiger partial charge is 0.480 e. The molecule has 0 radical (unpaired) electrons. The number of aliphatic hydroxyl groups is 1. The summed E-state index contributed by atoms with van der Waals surface area (Å²) in [6.07, 6.45) is -1.23. The topological polar surface area (TPSA) is 112 Å². The lowest BCUT2D eigenvalue weighted by atomic mass is 10.2. The van der Waals surface area contributed by atoms with Crippen molar-refractivity contribution in [1.82, 2.24) is 15.5 Å². The van der Waals surface area contributed by atoms with Crippen molar-refractivity contribution >= 4 is 23.5 Å². The molecule has 0 bridgehead atoms. The van der Waals surface area contributed by atoms with Crippen LogP contribution in [0.4, 0.5) is 0 Å². The summed E-state index contributed by atoms with van der Waals surface area (Å²) in [6.45, 7) is 1.26. The molecule has 17 heavy (non-hydrogen) atoms. The van der Waals surface area contributed by atoms with Crippen molar-refractivity contribution < 1.29 is 19.8 Å². The minimum absolute atomic E-state index is 0.0821. The predicted molar refractivity (Wildman–Crippen MR) is 57.6 cm³/mol. The molecule has 3 N–H and O–H groups in total. The zero-order valence-electron chi connectivity index (χ0n) is 8.79. The van der Waals surface area contributed by atoms with E-state index < -0.39 is 24.0 Å². The number of carbonyl (C=O) groups is 2. The van der Waals surface area contributed by atoms with E-state index >= 15 is 0 Å². The number of aliphatic carboxylic acids is 1. The average molecular weight is 260 g/mol. The van der Waals surface area contributed by atoms with Crippen molar-refractivity contribution in [3.05, 3.63) is 23.0 Å². The molecule has 0 saturated carbocycles. The van der Waals surface area contributed by atoms with Gasteiger partial charge in [-0.2, -0.15) is 0 Å². The van der Waals surface area contributed by atoms with Crippen LogP contribution in [0.5, 0.6) is 0 Å². The molecule has 1 rings (SSSR count). The van der Waals surface area contributed by atoms with Gasteiger partial charge in [0.2, 0.25) is 0 Å². The second-order valence-electron chi connectivity index (χ2n) is 3.27. The molecule has 1 amide bonds. The van der Waals surface area contributed by atoms with Crippen LogP contribution in [-0.2, 0) is 4.79 Å². The van der Waals surface area contributed by atoms with E-state index in [4.69, 9.17) is 21.8 Å². The van der Waals surface area contributed by atoms with Gasteiger partial charge in [0.05, 0.1) is 6.10 Å². The van der Waals surface area contributed by atoms with Crippen LogP contribution in [0.15, 0.2) is 12.1 Å². The zero-order valence-corrected chi connectivity index (χ0v) is 9.55. The molecule has 0 aliphatic rings. The van der Waals surface area contributed by atoms with Crippen LogP contribution < -0.4 is 5.32 Å².